The minimum Gasteiger partial charge on any atom is -0.440 e. The highest BCUT2D eigenvalue weighted by Crippen LogP contribution is 2.36. The molecule has 0 radical (unpaired) electrons. The van der Waals surface area contributed by atoms with E-state index in [0.717, 1.165) is 49.9 Å². The second-order valence-corrected chi connectivity index (χ2v) is 10.4. The molecule has 0 N–H and O–H groups in total. The van der Waals surface area contributed by atoms with Crippen LogP contribution in [-0.4, -0.2) is 42.9 Å². The van der Waals surface area contributed by atoms with Crippen molar-refractivity contribution < 1.29 is 22.8 Å². The first-order valence-electron chi connectivity index (χ1n) is 12.8. The topological polar surface area (TPSA) is 29.5 Å². The van der Waals surface area contributed by atoms with Crippen LogP contribution in [0.2, 0.25) is 0 Å². The molecule has 3 aromatic carbocycles. The molecule has 6 heteroatoms. The summed E-state index contributed by atoms with van der Waals surface area (Å²) in [6.45, 7) is 6.24. The predicted octanol–water partition coefficient (Wildman–Crippen LogP) is 6.27. The standard InChI is InChI=1S/C30H33F2N2O2/c1-22-6-8-23(9-7-22)14-17-34-18-15-25(16-19-34)29(21-34)36-30(35)33(28-5-3-2-4-27(28)32)20-24-10-12-26(31)13-11-24/h2-13,25,29H,14-21H2,1H3/q+1/t25?,29-,34?/m0/s1. The molecule has 4 nitrogen and oxygen atoms in total. The Morgan fingerprint density at radius 3 is 2.31 bits per heavy atom. The second-order valence-electron chi connectivity index (χ2n) is 10.4. The van der Waals surface area contributed by atoms with Crippen LogP contribution in [0.25, 0.3) is 0 Å². The van der Waals surface area contributed by atoms with E-state index in [-0.39, 0.29) is 24.2 Å². The van der Waals surface area contributed by atoms with Gasteiger partial charge in [0.05, 0.1) is 31.9 Å². The molecule has 0 saturated carbocycles. The molecule has 1 amide bonds. The van der Waals surface area contributed by atoms with Crippen molar-refractivity contribution >= 4 is 11.8 Å². The van der Waals surface area contributed by atoms with Crippen molar-refractivity contribution in [1.29, 1.82) is 0 Å². The van der Waals surface area contributed by atoms with Crippen LogP contribution in [0.3, 0.4) is 0 Å². The maximum absolute atomic E-state index is 14.7. The summed E-state index contributed by atoms with van der Waals surface area (Å²) in [5.74, 6) is -0.514. The van der Waals surface area contributed by atoms with Crippen LogP contribution < -0.4 is 4.90 Å². The van der Waals surface area contributed by atoms with Crippen LogP contribution in [0.5, 0.6) is 0 Å². The van der Waals surface area contributed by atoms with Crippen molar-refractivity contribution in [3.63, 3.8) is 0 Å². The van der Waals surface area contributed by atoms with E-state index in [9.17, 15) is 13.6 Å². The van der Waals surface area contributed by atoms with Gasteiger partial charge in [0.15, 0.2) is 6.10 Å². The first-order chi connectivity index (χ1) is 17.4. The summed E-state index contributed by atoms with van der Waals surface area (Å²) in [7, 11) is 0. The number of carbonyl (C=O) groups excluding carboxylic acids is 1. The number of ether oxygens (including phenoxy) is 1. The normalized spacial score (nSPS) is 22.9. The van der Waals surface area contributed by atoms with Gasteiger partial charge < -0.3 is 9.22 Å². The lowest BCUT2D eigenvalue weighted by Gasteiger charge is -2.52. The zero-order chi connectivity index (χ0) is 25.1. The highest BCUT2D eigenvalue weighted by Gasteiger charge is 2.47. The highest BCUT2D eigenvalue weighted by molar-refractivity contribution is 5.87. The maximum Gasteiger partial charge on any atom is 0.415 e. The number of rotatable bonds is 7. The van der Waals surface area contributed by atoms with Crippen molar-refractivity contribution in [2.24, 2.45) is 5.92 Å². The monoisotopic (exact) mass is 491 g/mol. The van der Waals surface area contributed by atoms with Crippen molar-refractivity contribution in [2.75, 3.05) is 31.1 Å². The second kappa shape index (κ2) is 10.4. The summed E-state index contributed by atoms with van der Waals surface area (Å²) >= 11 is 0. The van der Waals surface area contributed by atoms with E-state index in [4.69, 9.17) is 4.74 Å². The van der Waals surface area contributed by atoms with Crippen LogP contribution in [0.4, 0.5) is 19.3 Å². The summed E-state index contributed by atoms with van der Waals surface area (Å²) < 4.78 is 35.2. The molecular weight excluding hydrogens is 458 g/mol. The molecule has 3 aromatic rings. The van der Waals surface area contributed by atoms with Gasteiger partial charge in [-0.15, -0.1) is 0 Å². The fraction of sp³-hybridized carbons (Fsp3) is 0.367. The van der Waals surface area contributed by atoms with Crippen molar-refractivity contribution in [2.45, 2.75) is 38.8 Å². The fourth-order valence-electron chi connectivity index (χ4n) is 5.67. The van der Waals surface area contributed by atoms with Crippen molar-refractivity contribution in [1.82, 2.24) is 0 Å². The zero-order valence-corrected chi connectivity index (χ0v) is 20.7. The molecule has 188 valence electrons. The molecule has 36 heavy (non-hydrogen) atoms. The van der Waals surface area contributed by atoms with Crippen molar-refractivity contribution in [3.8, 4) is 0 Å². The lowest BCUT2D eigenvalue weighted by atomic mass is 9.83. The third kappa shape index (κ3) is 5.44. The zero-order valence-electron chi connectivity index (χ0n) is 20.7. The van der Waals surface area contributed by atoms with Gasteiger partial charge >= 0.3 is 6.09 Å². The van der Waals surface area contributed by atoms with Crippen LogP contribution in [0.1, 0.15) is 29.5 Å². The van der Waals surface area contributed by atoms with Crippen molar-refractivity contribution in [3.05, 3.63) is 101 Å². The van der Waals surface area contributed by atoms with E-state index in [1.54, 1.807) is 30.3 Å². The Kier molecular flexibility index (Phi) is 7.06. The molecule has 3 heterocycles. The fourth-order valence-corrected chi connectivity index (χ4v) is 5.67. The van der Waals surface area contributed by atoms with Gasteiger partial charge in [-0.05, 0) is 42.3 Å². The van der Waals surface area contributed by atoms with Gasteiger partial charge in [-0.25, -0.2) is 13.6 Å². The Hall–Kier alpha value is -3.25. The summed E-state index contributed by atoms with van der Waals surface area (Å²) in [6.07, 6.45) is 2.31. The molecule has 3 aliphatic rings. The van der Waals surface area contributed by atoms with Gasteiger partial charge in [0.2, 0.25) is 0 Å². The number of halogens is 2. The highest BCUT2D eigenvalue weighted by atomic mass is 19.1. The molecular formula is C30H33F2N2O2+. The summed E-state index contributed by atoms with van der Waals surface area (Å²) in [4.78, 5) is 14.8. The third-order valence-corrected chi connectivity index (χ3v) is 7.91. The number of nitrogens with zero attached hydrogens (tertiary/aromatic N) is 2. The number of quaternary nitrogens is 1. The average molecular weight is 492 g/mol. The summed E-state index contributed by atoms with van der Waals surface area (Å²) in [5.41, 5.74) is 3.46. The van der Waals surface area contributed by atoms with E-state index in [2.05, 4.69) is 31.2 Å². The molecule has 0 aliphatic carbocycles. The Bertz CT molecular complexity index is 1190. The number of para-hydroxylation sites is 1. The third-order valence-electron chi connectivity index (χ3n) is 7.91. The predicted molar refractivity (Wildman–Crippen MR) is 137 cm³/mol. The van der Waals surface area contributed by atoms with Gasteiger partial charge in [0.25, 0.3) is 0 Å². The lowest BCUT2D eigenvalue weighted by Crippen LogP contribution is -2.65. The molecule has 3 saturated heterocycles. The van der Waals surface area contributed by atoms with Gasteiger partial charge in [-0.1, -0.05) is 54.1 Å². The minimum atomic E-state index is -0.556. The van der Waals surface area contributed by atoms with E-state index in [0.29, 0.717) is 11.5 Å². The number of carbonyl (C=O) groups is 1. The minimum absolute atomic E-state index is 0.102. The number of hydrogen-bond donors (Lipinski definition) is 0. The van der Waals surface area contributed by atoms with E-state index in [1.165, 1.54) is 34.2 Å². The van der Waals surface area contributed by atoms with E-state index >= 15 is 0 Å². The number of hydrogen-bond acceptors (Lipinski definition) is 2. The van der Waals surface area contributed by atoms with Gasteiger partial charge in [0.1, 0.15) is 18.2 Å². The van der Waals surface area contributed by atoms with E-state index < -0.39 is 11.9 Å². The van der Waals surface area contributed by atoms with Crippen LogP contribution >= 0.6 is 0 Å². The number of benzene rings is 3. The van der Waals surface area contributed by atoms with Gasteiger partial charge in [-0.3, -0.25) is 4.90 Å². The molecule has 2 bridgehead atoms. The van der Waals surface area contributed by atoms with Crippen LogP contribution in [0, 0.1) is 24.5 Å². The molecule has 3 fully saturated rings. The Labute approximate surface area is 211 Å². The Morgan fingerprint density at radius 2 is 1.61 bits per heavy atom. The largest absolute Gasteiger partial charge is 0.440 e. The SMILES string of the molecule is Cc1ccc(CC[N+]23CCC(CC2)[C@@H](OC(=O)N(Cc2ccc(F)cc2)c2ccccc2F)C3)cc1. The summed E-state index contributed by atoms with van der Waals surface area (Å²) in [6, 6.07) is 20.8. The quantitative estimate of drug-likeness (QED) is 0.365. The maximum atomic E-state index is 14.7. The molecule has 1 atom stereocenters. The van der Waals surface area contributed by atoms with Crippen LogP contribution in [-0.2, 0) is 17.7 Å². The molecule has 0 aromatic heterocycles. The van der Waals surface area contributed by atoms with E-state index in [1.807, 2.05) is 0 Å². The number of anilines is 1. The molecule has 0 spiro atoms. The smallest absolute Gasteiger partial charge is 0.415 e. The number of amides is 1. The lowest BCUT2D eigenvalue weighted by molar-refractivity contribution is -0.945. The first kappa shape index (κ1) is 24.4. The molecule has 0 unspecified atom stereocenters. The average Bonchev–Trinajstić information content (AvgIpc) is 2.89. The number of aryl methyl sites for hydroxylation is 1. The first-order valence-corrected chi connectivity index (χ1v) is 12.8. The number of fused-ring (bicyclic) bond motifs is 3. The summed E-state index contributed by atoms with van der Waals surface area (Å²) in [5, 5.41) is 0. The van der Waals surface area contributed by atoms with Gasteiger partial charge in [-0.2, -0.15) is 0 Å². The molecule has 3 aliphatic heterocycles. The van der Waals surface area contributed by atoms with Gasteiger partial charge in [0, 0.05) is 25.2 Å². The Morgan fingerprint density at radius 1 is 0.944 bits per heavy atom. The van der Waals surface area contributed by atoms with Crippen LogP contribution in [0.15, 0.2) is 72.8 Å². The number of piperidine rings is 3. The molecule has 6 rings (SSSR count). The Balaban J connectivity index is 1.30.